The third-order valence-corrected chi connectivity index (χ3v) is 2.27. The first-order valence-corrected chi connectivity index (χ1v) is 4.58. The number of hydrogen-bond acceptors (Lipinski definition) is 3. The quantitative estimate of drug-likeness (QED) is 0.825. The van der Waals surface area contributed by atoms with E-state index in [1.165, 1.54) is 0 Å². The van der Waals surface area contributed by atoms with Gasteiger partial charge in [0.2, 0.25) is 0 Å². The van der Waals surface area contributed by atoms with Crippen molar-refractivity contribution in [1.82, 2.24) is 5.16 Å². The molecule has 0 saturated heterocycles. The van der Waals surface area contributed by atoms with Gasteiger partial charge in [-0.1, -0.05) is 35.0 Å². The van der Waals surface area contributed by atoms with Gasteiger partial charge in [0, 0.05) is 17.5 Å². The van der Waals surface area contributed by atoms with E-state index in [0.29, 0.717) is 12.2 Å². The van der Waals surface area contributed by atoms with Gasteiger partial charge >= 0.3 is 0 Å². The fourth-order valence-corrected chi connectivity index (χ4v) is 1.44. The van der Waals surface area contributed by atoms with Gasteiger partial charge in [0.15, 0.2) is 5.82 Å². The number of rotatable bonds is 2. The molecule has 0 aliphatic heterocycles. The van der Waals surface area contributed by atoms with E-state index in [0.717, 1.165) is 16.3 Å². The predicted octanol–water partition coefficient (Wildman–Crippen LogP) is 2.50. The van der Waals surface area contributed by atoms with Crippen LogP contribution in [0.15, 0.2) is 34.9 Å². The van der Waals surface area contributed by atoms with E-state index in [9.17, 15) is 0 Å². The van der Waals surface area contributed by atoms with Crippen LogP contribution in [0, 0.1) is 0 Å². The van der Waals surface area contributed by atoms with Gasteiger partial charge < -0.3 is 10.3 Å². The Hall–Kier alpha value is -1.48. The average molecular weight is 209 g/mol. The lowest BCUT2D eigenvalue weighted by Gasteiger charge is -1.99. The first-order chi connectivity index (χ1) is 6.75. The highest BCUT2D eigenvalue weighted by Gasteiger charge is 2.05. The van der Waals surface area contributed by atoms with Crippen LogP contribution in [0.4, 0.5) is 5.82 Å². The van der Waals surface area contributed by atoms with Crippen LogP contribution in [0.5, 0.6) is 0 Å². The lowest BCUT2D eigenvalue weighted by atomic mass is 10.1. The number of nitrogens with two attached hydrogens (primary N) is 1. The topological polar surface area (TPSA) is 52.0 Å². The maximum absolute atomic E-state index is 5.99. The van der Waals surface area contributed by atoms with Crippen molar-refractivity contribution >= 4 is 17.4 Å². The van der Waals surface area contributed by atoms with Gasteiger partial charge in [0.1, 0.15) is 5.76 Å². The lowest BCUT2D eigenvalue weighted by molar-refractivity contribution is 0.392. The van der Waals surface area contributed by atoms with E-state index < -0.39 is 0 Å². The fourth-order valence-electron chi connectivity index (χ4n) is 1.24. The first kappa shape index (κ1) is 9.09. The molecule has 0 saturated carbocycles. The zero-order chi connectivity index (χ0) is 9.97. The van der Waals surface area contributed by atoms with Crippen molar-refractivity contribution < 1.29 is 4.52 Å². The highest BCUT2D eigenvalue weighted by atomic mass is 35.5. The fraction of sp³-hybridized carbons (Fsp3) is 0.100. The predicted molar refractivity (Wildman–Crippen MR) is 55.2 cm³/mol. The molecule has 1 aromatic carbocycles. The zero-order valence-electron chi connectivity index (χ0n) is 7.40. The van der Waals surface area contributed by atoms with E-state index in [1.54, 1.807) is 6.07 Å². The molecule has 1 aromatic heterocycles. The summed E-state index contributed by atoms with van der Waals surface area (Å²) < 4.78 is 4.99. The molecule has 4 heteroatoms. The molecular formula is C10H9ClN2O. The summed E-state index contributed by atoms with van der Waals surface area (Å²) in [6.45, 7) is 0. The minimum Gasteiger partial charge on any atom is -0.381 e. The Kier molecular flexibility index (Phi) is 2.41. The van der Waals surface area contributed by atoms with Crippen LogP contribution in [0.2, 0.25) is 5.02 Å². The molecule has 72 valence electrons. The Bertz CT molecular complexity index is 439. The van der Waals surface area contributed by atoms with Gasteiger partial charge in [-0.3, -0.25) is 0 Å². The van der Waals surface area contributed by atoms with Crippen LogP contribution in [0.3, 0.4) is 0 Å². The molecule has 0 aliphatic carbocycles. The molecule has 2 N–H and O–H groups in total. The van der Waals surface area contributed by atoms with E-state index in [4.69, 9.17) is 21.9 Å². The Morgan fingerprint density at radius 1 is 1.36 bits per heavy atom. The van der Waals surface area contributed by atoms with E-state index in [-0.39, 0.29) is 0 Å². The summed E-state index contributed by atoms with van der Waals surface area (Å²) in [5, 5.41) is 4.33. The largest absolute Gasteiger partial charge is 0.381 e. The number of hydrogen-bond donors (Lipinski definition) is 1. The second-order valence-electron chi connectivity index (χ2n) is 2.99. The summed E-state index contributed by atoms with van der Waals surface area (Å²) in [6.07, 6.45) is 0.615. The van der Waals surface area contributed by atoms with Crippen LogP contribution in [0.25, 0.3) is 0 Å². The van der Waals surface area contributed by atoms with E-state index in [2.05, 4.69) is 5.16 Å². The van der Waals surface area contributed by atoms with E-state index >= 15 is 0 Å². The SMILES string of the molecule is Nc1cc(Cc2ccccc2Cl)on1. The van der Waals surface area contributed by atoms with Gasteiger partial charge in [-0.05, 0) is 11.6 Å². The third-order valence-electron chi connectivity index (χ3n) is 1.90. The normalized spacial score (nSPS) is 10.4. The molecule has 3 nitrogen and oxygen atoms in total. The number of halogens is 1. The number of benzene rings is 1. The smallest absolute Gasteiger partial charge is 0.167 e. The monoisotopic (exact) mass is 208 g/mol. The second-order valence-corrected chi connectivity index (χ2v) is 3.39. The molecule has 14 heavy (non-hydrogen) atoms. The van der Waals surface area contributed by atoms with Crippen molar-refractivity contribution in [1.29, 1.82) is 0 Å². The standard InChI is InChI=1S/C10H9ClN2O/c11-9-4-2-1-3-7(9)5-8-6-10(12)13-14-8/h1-4,6H,5H2,(H2,12,13). The minimum absolute atomic E-state index is 0.395. The third kappa shape index (κ3) is 1.88. The van der Waals surface area contributed by atoms with Crippen LogP contribution < -0.4 is 5.73 Å². The summed E-state index contributed by atoms with van der Waals surface area (Å²) in [4.78, 5) is 0. The summed E-state index contributed by atoms with van der Waals surface area (Å²) in [7, 11) is 0. The molecule has 0 atom stereocenters. The minimum atomic E-state index is 0.395. The van der Waals surface area contributed by atoms with Gasteiger partial charge in [-0.25, -0.2) is 0 Å². The van der Waals surface area contributed by atoms with Gasteiger partial charge in [-0.2, -0.15) is 0 Å². The zero-order valence-corrected chi connectivity index (χ0v) is 8.16. The maximum Gasteiger partial charge on any atom is 0.167 e. The van der Waals surface area contributed by atoms with Crippen LogP contribution >= 0.6 is 11.6 Å². The second kappa shape index (κ2) is 3.72. The van der Waals surface area contributed by atoms with Crippen LogP contribution in [-0.2, 0) is 6.42 Å². The van der Waals surface area contributed by atoms with E-state index in [1.807, 2.05) is 24.3 Å². The molecule has 2 aromatic rings. The Morgan fingerprint density at radius 2 is 2.14 bits per heavy atom. The van der Waals surface area contributed by atoms with Crippen molar-refractivity contribution in [3.8, 4) is 0 Å². The summed E-state index contributed by atoms with van der Waals surface area (Å²) >= 11 is 5.99. The van der Waals surface area contributed by atoms with Crippen molar-refractivity contribution in [3.63, 3.8) is 0 Å². The highest BCUT2D eigenvalue weighted by molar-refractivity contribution is 6.31. The van der Waals surface area contributed by atoms with Crippen LogP contribution in [0.1, 0.15) is 11.3 Å². The lowest BCUT2D eigenvalue weighted by Crippen LogP contribution is -1.86. The number of nitrogen functional groups attached to an aromatic ring is 1. The van der Waals surface area contributed by atoms with Gasteiger partial charge in [0.25, 0.3) is 0 Å². The van der Waals surface area contributed by atoms with Crippen molar-refractivity contribution in [2.24, 2.45) is 0 Å². The number of nitrogens with zero attached hydrogens (tertiary/aromatic N) is 1. The Balaban J connectivity index is 2.23. The molecule has 0 radical (unpaired) electrons. The molecule has 0 bridgehead atoms. The van der Waals surface area contributed by atoms with Crippen molar-refractivity contribution in [2.75, 3.05) is 5.73 Å². The summed E-state index contributed by atoms with van der Waals surface area (Å²) in [5.41, 5.74) is 6.44. The molecule has 1 heterocycles. The van der Waals surface area contributed by atoms with Crippen LogP contribution in [-0.4, -0.2) is 5.16 Å². The summed E-state index contributed by atoms with van der Waals surface area (Å²) in [6, 6.07) is 9.31. The Labute approximate surface area is 86.5 Å². The Morgan fingerprint density at radius 3 is 2.79 bits per heavy atom. The van der Waals surface area contributed by atoms with Crippen molar-refractivity contribution in [2.45, 2.75) is 6.42 Å². The van der Waals surface area contributed by atoms with Crippen molar-refractivity contribution in [3.05, 3.63) is 46.7 Å². The first-order valence-electron chi connectivity index (χ1n) is 4.20. The molecule has 0 unspecified atom stereocenters. The molecule has 2 rings (SSSR count). The maximum atomic E-state index is 5.99. The molecular weight excluding hydrogens is 200 g/mol. The highest BCUT2D eigenvalue weighted by Crippen LogP contribution is 2.19. The average Bonchev–Trinajstić information content (AvgIpc) is 2.56. The molecule has 0 aliphatic rings. The van der Waals surface area contributed by atoms with Gasteiger partial charge in [0.05, 0.1) is 0 Å². The number of aromatic nitrogens is 1. The molecule has 0 amide bonds. The van der Waals surface area contributed by atoms with Gasteiger partial charge in [-0.15, -0.1) is 0 Å². The molecule has 0 spiro atoms. The number of anilines is 1. The molecule has 0 fully saturated rings. The summed E-state index contributed by atoms with van der Waals surface area (Å²) in [5.74, 6) is 1.11.